The van der Waals surface area contributed by atoms with Gasteiger partial charge in [0.2, 0.25) is 0 Å². The fourth-order valence-electron chi connectivity index (χ4n) is 0.932. The summed E-state index contributed by atoms with van der Waals surface area (Å²) in [7, 11) is 0. The first-order chi connectivity index (χ1) is 7.45. The van der Waals surface area contributed by atoms with Crippen molar-refractivity contribution in [2.75, 3.05) is 46.8 Å². The lowest BCUT2D eigenvalue weighted by Crippen LogP contribution is -2.11. The third-order valence-corrected chi connectivity index (χ3v) is 1.91. The van der Waals surface area contributed by atoms with Crippen LogP contribution in [0, 0.1) is 0 Å². The van der Waals surface area contributed by atoms with E-state index < -0.39 is 0 Å². The minimum Gasteiger partial charge on any atom is -0.371 e. The van der Waals surface area contributed by atoms with Crippen molar-refractivity contribution in [3.63, 3.8) is 0 Å². The van der Waals surface area contributed by atoms with E-state index in [9.17, 15) is 0 Å². The first-order valence-corrected chi connectivity index (χ1v) is 4.99. The van der Waals surface area contributed by atoms with Gasteiger partial charge in [-0.2, -0.15) is 0 Å². The summed E-state index contributed by atoms with van der Waals surface area (Å²) >= 11 is 0. The lowest BCUT2D eigenvalue weighted by molar-refractivity contribution is -0.171. The normalized spacial score (nSPS) is 28.0. The Morgan fingerprint density at radius 3 is 1.53 bits per heavy atom. The molecule has 2 atom stereocenters. The molecule has 2 rings (SSSR count). The maximum absolute atomic E-state index is 5.12. The van der Waals surface area contributed by atoms with Crippen LogP contribution in [0.25, 0.3) is 0 Å². The van der Waals surface area contributed by atoms with Crippen LogP contribution in [-0.2, 0) is 28.4 Å². The summed E-state index contributed by atoms with van der Waals surface area (Å²) < 4.78 is 30.2. The third-order valence-electron chi connectivity index (χ3n) is 1.91. The fraction of sp³-hybridized carbons (Fsp3) is 1.00. The molecule has 2 unspecified atom stereocenters. The molecule has 2 aliphatic heterocycles. The number of hydrogen-bond acceptors (Lipinski definition) is 6. The van der Waals surface area contributed by atoms with Crippen LogP contribution in [0.1, 0.15) is 0 Å². The second-order valence-corrected chi connectivity index (χ2v) is 3.41. The van der Waals surface area contributed by atoms with E-state index in [1.807, 2.05) is 0 Å². The average molecular weight is 220 g/mol. The average Bonchev–Trinajstić information content (AvgIpc) is 3.10. The Labute approximate surface area is 88.3 Å². The van der Waals surface area contributed by atoms with Crippen molar-refractivity contribution < 1.29 is 28.4 Å². The van der Waals surface area contributed by atoms with Gasteiger partial charge in [-0.25, -0.2) is 0 Å². The molecule has 6 heteroatoms. The molecule has 0 spiro atoms. The first kappa shape index (κ1) is 11.3. The minimum absolute atomic E-state index is 0.178. The molecule has 0 aromatic heterocycles. The molecule has 0 amide bonds. The van der Waals surface area contributed by atoms with Gasteiger partial charge in [0.15, 0.2) is 6.79 Å². The van der Waals surface area contributed by atoms with Crippen molar-refractivity contribution in [2.45, 2.75) is 12.2 Å². The lowest BCUT2D eigenvalue weighted by atomic mass is 10.5. The number of hydrogen-bond donors (Lipinski definition) is 0. The summed E-state index contributed by atoms with van der Waals surface area (Å²) in [6, 6.07) is 0. The molecular formula is C9H16O6. The summed E-state index contributed by atoms with van der Waals surface area (Å²) in [4.78, 5) is 0. The van der Waals surface area contributed by atoms with Crippen LogP contribution >= 0.6 is 0 Å². The molecule has 6 nitrogen and oxygen atoms in total. The first-order valence-electron chi connectivity index (χ1n) is 4.99. The van der Waals surface area contributed by atoms with Gasteiger partial charge in [0.05, 0.1) is 26.4 Å². The van der Waals surface area contributed by atoms with E-state index in [2.05, 4.69) is 0 Å². The smallest absolute Gasteiger partial charge is 0.152 e. The van der Waals surface area contributed by atoms with Crippen molar-refractivity contribution in [3.05, 3.63) is 0 Å². The molecule has 15 heavy (non-hydrogen) atoms. The molecule has 0 N–H and O–H groups in total. The largest absolute Gasteiger partial charge is 0.371 e. The van der Waals surface area contributed by atoms with E-state index >= 15 is 0 Å². The zero-order valence-corrected chi connectivity index (χ0v) is 8.55. The highest BCUT2D eigenvalue weighted by atomic mass is 16.8. The summed E-state index contributed by atoms with van der Waals surface area (Å²) in [6.45, 7) is 3.42. The van der Waals surface area contributed by atoms with Crippen molar-refractivity contribution in [3.8, 4) is 0 Å². The molecule has 2 saturated heterocycles. The molecule has 0 radical (unpaired) electrons. The van der Waals surface area contributed by atoms with Gasteiger partial charge in [-0.1, -0.05) is 0 Å². The molecule has 88 valence electrons. The Kier molecular flexibility index (Phi) is 4.78. The Balaban J connectivity index is 1.23. The monoisotopic (exact) mass is 220 g/mol. The maximum atomic E-state index is 5.12. The van der Waals surface area contributed by atoms with Crippen LogP contribution in [0.4, 0.5) is 0 Å². The topological polar surface area (TPSA) is 62.0 Å². The highest BCUT2D eigenvalue weighted by Crippen LogP contribution is 2.08. The van der Waals surface area contributed by atoms with Gasteiger partial charge in [-0.3, -0.25) is 0 Å². The SMILES string of the molecule is C(OCOCC1CO1)OCOCC1CO1. The Morgan fingerprint density at radius 1 is 0.733 bits per heavy atom. The van der Waals surface area contributed by atoms with E-state index in [1.54, 1.807) is 0 Å². The van der Waals surface area contributed by atoms with Gasteiger partial charge in [0.25, 0.3) is 0 Å². The maximum Gasteiger partial charge on any atom is 0.152 e. The van der Waals surface area contributed by atoms with Crippen molar-refractivity contribution in [2.24, 2.45) is 0 Å². The second-order valence-electron chi connectivity index (χ2n) is 3.41. The van der Waals surface area contributed by atoms with Gasteiger partial charge in [-0.15, -0.1) is 0 Å². The van der Waals surface area contributed by atoms with E-state index in [4.69, 9.17) is 28.4 Å². The number of rotatable bonds is 10. The molecule has 0 saturated carbocycles. The van der Waals surface area contributed by atoms with Crippen molar-refractivity contribution >= 4 is 0 Å². The van der Waals surface area contributed by atoms with Crippen LogP contribution in [0.2, 0.25) is 0 Å². The highest BCUT2D eigenvalue weighted by Gasteiger charge is 2.22. The van der Waals surface area contributed by atoms with Crippen LogP contribution in [0.5, 0.6) is 0 Å². The van der Waals surface area contributed by atoms with Crippen LogP contribution < -0.4 is 0 Å². The Hall–Kier alpha value is -0.240. The van der Waals surface area contributed by atoms with Crippen LogP contribution in [0.15, 0.2) is 0 Å². The number of ether oxygens (including phenoxy) is 6. The highest BCUT2D eigenvalue weighted by molar-refractivity contribution is 4.67. The number of epoxide rings is 2. The zero-order chi connectivity index (χ0) is 10.3. The molecule has 0 aliphatic carbocycles. The van der Waals surface area contributed by atoms with Gasteiger partial charge < -0.3 is 28.4 Å². The molecule has 2 aliphatic rings. The van der Waals surface area contributed by atoms with E-state index in [-0.39, 0.29) is 32.6 Å². The molecule has 0 aromatic carbocycles. The van der Waals surface area contributed by atoms with Gasteiger partial charge in [0.1, 0.15) is 25.8 Å². The predicted octanol–water partition coefficient (Wildman–Crippen LogP) is -0.277. The third kappa shape index (κ3) is 6.03. The Bertz CT molecular complexity index is 150. The van der Waals surface area contributed by atoms with Crippen molar-refractivity contribution in [1.29, 1.82) is 0 Å². The second kappa shape index (κ2) is 6.37. The fourth-order valence-corrected chi connectivity index (χ4v) is 0.932. The predicted molar refractivity (Wildman–Crippen MR) is 48.2 cm³/mol. The summed E-state index contributed by atoms with van der Waals surface area (Å²) in [5.41, 5.74) is 0. The van der Waals surface area contributed by atoms with Gasteiger partial charge >= 0.3 is 0 Å². The van der Waals surface area contributed by atoms with Crippen LogP contribution in [0.3, 0.4) is 0 Å². The standard InChI is InChI=1S/C9H16O6/c1(8-3-14-8)10-5-12-7-13-6-11-2-9-4-15-9/h8-9H,1-7H2. The molecule has 2 fully saturated rings. The van der Waals surface area contributed by atoms with E-state index in [1.165, 1.54) is 0 Å². The molecule has 2 heterocycles. The zero-order valence-electron chi connectivity index (χ0n) is 8.55. The van der Waals surface area contributed by atoms with Crippen molar-refractivity contribution in [1.82, 2.24) is 0 Å². The van der Waals surface area contributed by atoms with Gasteiger partial charge in [0, 0.05) is 0 Å². The molecule has 0 bridgehead atoms. The molecule has 0 aromatic rings. The van der Waals surface area contributed by atoms with E-state index in [0.29, 0.717) is 13.2 Å². The summed E-state index contributed by atoms with van der Waals surface area (Å²) in [5.74, 6) is 0. The Morgan fingerprint density at radius 2 is 1.13 bits per heavy atom. The quantitative estimate of drug-likeness (QED) is 0.287. The molecular weight excluding hydrogens is 204 g/mol. The minimum atomic E-state index is 0.178. The van der Waals surface area contributed by atoms with E-state index in [0.717, 1.165) is 13.2 Å². The summed E-state index contributed by atoms with van der Waals surface area (Å²) in [6.07, 6.45) is 0.549. The summed E-state index contributed by atoms with van der Waals surface area (Å²) in [5, 5.41) is 0. The lowest BCUT2D eigenvalue weighted by Gasteiger charge is -2.06. The van der Waals surface area contributed by atoms with Gasteiger partial charge in [-0.05, 0) is 0 Å². The van der Waals surface area contributed by atoms with Crippen LogP contribution in [-0.4, -0.2) is 59.0 Å².